The summed E-state index contributed by atoms with van der Waals surface area (Å²) < 4.78 is 36.0. The van der Waals surface area contributed by atoms with Crippen LogP contribution in [0.2, 0.25) is 0 Å². The molecular weight excluding hydrogens is 446 g/mol. The largest absolute Gasteiger partial charge is 0.586 e. The van der Waals surface area contributed by atoms with E-state index in [1.807, 2.05) is 25.1 Å². The highest BCUT2D eigenvalue weighted by molar-refractivity contribution is 5.78. The number of hydrogen-bond donors (Lipinski definition) is 3. The molecule has 2 aromatic carbocycles. The Hall–Kier alpha value is -3.07. The predicted molar refractivity (Wildman–Crippen MR) is 124 cm³/mol. The van der Waals surface area contributed by atoms with Crippen LogP contribution in [0.15, 0.2) is 36.4 Å². The van der Waals surface area contributed by atoms with Crippen LogP contribution in [0.1, 0.15) is 57.9 Å². The number of carboxylic acid groups (broad SMARTS) is 1. The number of carbonyl (C=O) groups is 1. The number of halogens is 2. The normalized spacial score (nSPS) is 19.8. The number of anilines is 3. The summed E-state index contributed by atoms with van der Waals surface area (Å²) in [5.74, 6) is -1.16. The Bertz CT molecular complexity index is 1070. The topological polar surface area (TPSA) is 91.3 Å². The van der Waals surface area contributed by atoms with Crippen LogP contribution < -0.4 is 19.7 Å². The lowest BCUT2D eigenvalue weighted by molar-refractivity contribution is -0.286. The molecule has 4 rings (SSSR count). The van der Waals surface area contributed by atoms with Gasteiger partial charge in [0.1, 0.15) is 0 Å². The molecule has 2 atom stereocenters. The molecule has 0 spiro atoms. The first kappa shape index (κ1) is 24.1. The van der Waals surface area contributed by atoms with Crippen molar-refractivity contribution in [2.45, 2.75) is 70.3 Å². The molecule has 1 unspecified atom stereocenters. The number of benzene rings is 2. The molecule has 1 fully saturated rings. The van der Waals surface area contributed by atoms with Gasteiger partial charge in [0.15, 0.2) is 11.5 Å². The van der Waals surface area contributed by atoms with E-state index in [1.165, 1.54) is 12.1 Å². The number of fused-ring (bicyclic) bond motifs is 1. The van der Waals surface area contributed by atoms with Crippen LogP contribution in [-0.2, 0) is 4.79 Å². The van der Waals surface area contributed by atoms with E-state index in [0.717, 1.165) is 30.6 Å². The summed E-state index contributed by atoms with van der Waals surface area (Å²) in [6.07, 6.45) is -1.29. The number of carboxylic acids is 1. The number of hydrogen-bond acceptors (Lipinski definition) is 6. The van der Waals surface area contributed by atoms with Crippen molar-refractivity contribution in [2.75, 3.05) is 16.8 Å². The van der Waals surface area contributed by atoms with Gasteiger partial charge in [-0.1, -0.05) is 13.0 Å². The van der Waals surface area contributed by atoms with Crippen molar-refractivity contribution < 1.29 is 33.3 Å². The van der Waals surface area contributed by atoms with Gasteiger partial charge in [-0.05, 0) is 68.9 Å². The fraction of sp³-hybridized carbons (Fsp3) is 0.480. The molecule has 0 bridgehead atoms. The third kappa shape index (κ3) is 5.04. The minimum atomic E-state index is -3.70. The van der Waals surface area contributed by atoms with Crippen molar-refractivity contribution in [3.63, 3.8) is 0 Å². The average Bonchev–Trinajstić information content (AvgIpc) is 3.34. The molecule has 1 saturated heterocycles. The monoisotopic (exact) mass is 476 g/mol. The van der Waals surface area contributed by atoms with Gasteiger partial charge in [0.2, 0.25) is 0 Å². The van der Waals surface area contributed by atoms with Crippen LogP contribution in [0.25, 0.3) is 0 Å². The number of alkyl halides is 2. The van der Waals surface area contributed by atoms with Gasteiger partial charge in [-0.15, -0.1) is 8.78 Å². The van der Waals surface area contributed by atoms with Crippen molar-refractivity contribution in [1.82, 2.24) is 0 Å². The second kappa shape index (κ2) is 8.94. The highest BCUT2D eigenvalue weighted by Gasteiger charge is 2.43. The SMILES string of the molecule is CCC(CC(=O)O)c1ccc(N2CCC[C@H]2C(C)(C)O)c(Nc2ccc3c(c2)OC(F)(F)O3)c1. The van der Waals surface area contributed by atoms with E-state index >= 15 is 0 Å². The number of nitrogens with one attached hydrogen (secondary N) is 1. The van der Waals surface area contributed by atoms with Crippen LogP contribution in [0.3, 0.4) is 0 Å². The highest BCUT2D eigenvalue weighted by atomic mass is 19.3. The van der Waals surface area contributed by atoms with Gasteiger partial charge in [0.05, 0.1) is 29.4 Å². The molecule has 184 valence electrons. The van der Waals surface area contributed by atoms with Gasteiger partial charge in [0.25, 0.3) is 0 Å². The Morgan fingerprint density at radius 2 is 1.97 bits per heavy atom. The van der Waals surface area contributed by atoms with E-state index in [-0.39, 0.29) is 29.9 Å². The van der Waals surface area contributed by atoms with E-state index in [0.29, 0.717) is 17.8 Å². The van der Waals surface area contributed by atoms with Crippen molar-refractivity contribution in [2.24, 2.45) is 0 Å². The summed E-state index contributed by atoms with van der Waals surface area (Å²) in [4.78, 5) is 13.5. The summed E-state index contributed by atoms with van der Waals surface area (Å²) in [5, 5.41) is 23.4. The second-order valence-corrected chi connectivity index (χ2v) is 9.44. The molecule has 2 aliphatic rings. The Balaban J connectivity index is 1.72. The lowest BCUT2D eigenvalue weighted by atomic mass is 9.91. The number of aliphatic hydroxyl groups is 1. The van der Waals surface area contributed by atoms with Gasteiger partial charge < -0.3 is 29.9 Å². The summed E-state index contributed by atoms with van der Waals surface area (Å²) in [6.45, 7) is 6.27. The fourth-order valence-electron chi connectivity index (χ4n) is 4.84. The molecule has 7 nitrogen and oxygen atoms in total. The van der Waals surface area contributed by atoms with Crippen molar-refractivity contribution in [3.8, 4) is 11.5 Å². The smallest absolute Gasteiger partial charge is 0.481 e. The molecule has 0 aliphatic carbocycles. The van der Waals surface area contributed by atoms with E-state index < -0.39 is 17.9 Å². The Morgan fingerprint density at radius 3 is 2.65 bits per heavy atom. The van der Waals surface area contributed by atoms with Gasteiger partial charge in [0, 0.05) is 18.3 Å². The zero-order valence-electron chi connectivity index (χ0n) is 19.5. The van der Waals surface area contributed by atoms with Gasteiger partial charge in [-0.25, -0.2) is 0 Å². The minimum Gasteiger partial charge on any atom is -0.481 e. The van der Waals surface area contributed by atoms with Crippen molar-refractivity contribution >= 4 is 23.0 Å². The van der Waals surface area contributed by atoms with E-state index in [2.05, 4.69) is 19.7 Å². The Morgan fingerprint density at radius 1 is 1.24 bits per heavy atom. The highest BCUT2D eigenvalue weighted by Crippen LogP contribution is 2.44. The van der Waals surface area contributed by atoms with Crippen LogP contribution in [-0.4, -0.2) is 40.7 Å². The summed E-state index contributed by atoms with van der Waals surface area (Å²) >= 11 is 0. The average molecular weight is 477 g/mol. The third-order valence-corrected chi connectivity index (χ3v) is 6.46. The maximum Gasteiger partial charge on any atom is 0.586 e. The summed E-state index contributed by atoms with van der Waals surface area (Å²) in [5.41, 5.74) is 2.00. The molecular formula is C25H30F2N2O5. The first-order valence-corrected chi connectivity index (χ1v) is 11.5. The number of nitrogens with zero attached hydrogens (tertiary/aromatic N) is 1. The first-order chi connectivity index (χ1) is 16.0. The molecule has 34 heavy (non-hydrogen) atoms. The number of ether oxygens (including phenoxy) is 2. The molecule has 9 heteroatoms. The van der Waals surface area contributed by atoms with Gasteiger partial charge in [-0.3, -0.25) is 4.79 Å². The zero-order chi connectivity index (χ0) is 24.7. The van der Waals surface area contributed by atoms with Crippen LogP contribution in [0.4, 0.5) is 25.8 Å². The van der Waals surface area contributed by atoms with E-state index in [4.69, 9.17) is 0 Å². The maximum absolute atomic E-state index is 13.5. The Kier molecular flexibility index (Phi) is 6.33. The first-order valence-electron chi connectivity index (χ1n) is 11.5. The lowest BCUT2D eigenvalue weighted by Gasteiger charge is -2.36. The molecule has 0 amide bonds. The van der Waals surface area contributed by atoms with Crippen LogP contribution in [0.5, 0.6) is 11.5 Å². The van der Waals surface area contributed by atoms with E-state index in [9.17, 15) is 23.8 Å². The predicted octanol–water partition coefficient (Wildman–Crippen LogP) is 5.46. The number of rotatable bonds is 8. The second-order valence-electron chi connectivity index (χ2n) is 9.44. The molecule has 2 heterocycles. The third-order valence-electron chi connectivity index (χ3n) is 6.46. The molecule has 3 N–H and O–H groups in total. The van der Waals surface area contributed by atoms with Gasteiger partial charge >= 0.3 is 12.3 Å². The number of aliphatic carboxylic acids is 1. The quantitative estimate of drug-likeness (QED) is 0.466. The zero-order valence-corrected chi connectivity index (χ0v) is 19.5. The van der Waals surface area contributed by atoms with Crippen LogP contribution >= 0.6 is 0 Å². The van der Waals surface area contributed by atoms with Crippen LogP contribution in [0, 0.1) is 0 Å². The van der Waals surface area contributed by atoms with E-state index in [1.54, 1.807) is 19.9 Å². The lowest BCUT2D eigenvalue weighted by Crippen LogP contribution is -2.46. The molecule has 2 aliphatic heterocycles. The van der Waals surface area contributed by atoms with Crippen molar-refractivity contribution in [1.29, 1.82) is 0 Å². The molecule has 2 aromatic rings. The molecule has 0 aromatic heterocycles. The van der Waals surface area contributed by atoms with Gasteiger partial charge in [-0.2, -0.15) is 0 Å². The standard InChI is InChI=1S/C25H30F2N2O5/c1-4-15(13-23(30)31)16-7-9-19(29-11-5-6-22(29)24(2,3)32)18(12-16)28-17-8-10-20-21(14-17)34-25(26,27)33-20/h7-10,12,14-15,22,28,32H,4-6,11,13H2,1-3H3,(H,30,31)/t15?,22-/m0/s1. The molecule has 0 saturated carbocycles. The maximum atomic E-state index is 13.5. The Labute approximate surface area is 197 Å². The summed E-state index contributed by atoms with van der Waals surface area (Å²) in [6, 6.07) is 10.1. The minimum absolute atomic E-state index is 0.00437. The summed E-state index contributed by atoms with van der Waals surface area (Å²) in [7, 11) is 0. The fourth-order valence-corrected chi connectivity index (χ4v) is 4.84. The van der Waals surface area contributed by atoms with Crippen molar-refractivity contribution in [3.05, 3.63) is 42.0 Å². The molecule has 0 radical (unpaired) electrons.